The summed E-state index contributed by atoms with van der Waals surface area (Å²) in [7, 11) is 2.02. The molecular formula is C16H22N4O2. The topological polar surface area (TPSA) is 79.2 Å². The summed E-state index contributed by atoms with van der Waals surface area (Å²) < 4.78 is 2.10. The standard InChI is InChI=1S/C16H22N4O2/c1-20-14-6-3-2-5-12(14)19-15(20)7-4-8-17-16(22)13-9-11(21)10-18-13/h2-3,5-6,11,13,18,21H,4,7-10H2,1H3,(H,17,22)/t11-,13-/m1/s1. The Hall–Kier alpha value is -1.92. The fourth-order valence-corrected chi connectivity index (χ4v) is 2.92. The Morgan fingerprint density at radius 3 is 3.05 bits per heavy atom. The second-order valence-electron chi connectivity index (χ2n) is 5.82. The summed E-state index contributed by atoms with van der Waals surface area (Å²) >= 11 is 0. The van der Waals surface area contributed by atoms with Gasteiger partial charge in [-0.2, -0.15) is 0 Å². The molecule has 1 aliphatic heterocycles. The van der Waals surface area contributed by atoms with Crippen LogP contribution < -0.4 is 10.6 Å². The maximum atomic E-state index is 11.9. The van der Waals surface area contributed by atoms with Crippen LogP contribution in [0.5, 0.6) is 0 Å². The molecule has 0 unspecified atom stereocenters. The number of fused-ring (bicyclic) bond motifs is 1. The normalized spacial score (nSPS) is 21.4. The number of para-hydroxylation sites is 2. The third-order valence-electron chi connectivity index (χ3n) is 4.18. The molecule has 1 fully saturated rings. The molecule has 2 atom stereocenters. The smallest absolute Gasteiger partial charge is 0.237 e. The third kappa shape index (κ3) is 3.13. The minimum atomic E-state index is -0.407. The van der Waals surface area contributed by atoms with E-state index in [9.17, 15) is 9.90 Å². The van der Waals surface area contributed by atoms with Crippen LogP contribution in [0.15, 0.2) is 24.3 Å². The number of benzene rings is 1. The molecule has 0 saturated carbocycles. The van der Waals surface area contributed by atoms with Crippen LogP contribution in [-0.4, -0.2) is 45.8 Å². The molecule has 1 aliphatic rings. The lowest BCUT2D eigenvalue weighted by Crippen LogP contribution is -2.40. The van der Waals surface area contributed by atoms with Crippen LogP contribution in [-0.2, 0) is 18.3 Å². The zero-order valence-corrected chi connectivity index (χ0v) is 12.7. The second kappa shape index (κ2) is 6.46. The molecule has 22 heavy (non-hydrogen) atoms. The number of carbonyl (C=O) groups excluding carboxylic acids is 1. The van der Waals surface area contributed by atoms with E-state index >= 15 is 0 Å². The highest BCUT2D eigenvalue weighted by Crippen LogP contribution is 2.15. The van der Waals surface area contributed by atoms with Crippen molar-refractivity contribution in [1.29, 1.82) is 0 Å². The molecule has 3 rings (SSSR count). The Kier molecular flexibility index (Phi) is 4.40. The van der Waals surface area contributed by atoms with Gasteiger partial charge >= 0.3 is 0 Å². The zero-order chi connectivity index (χ0) is 15.5. The molecule has 0 spiro atoms. The molecule has 6 heteroatoms. The summed E-state index contributed by atoms with van der Waals surface area (Å²) in [4.78, 5) is 16.5. The van der Waals surface area contributed by atoms with Gasteiger partial charge in [-0.3, -0.25) is 4.79 Å². The van der Waals surface area contributed by atoms with E-state index in [1.54, 1.807) is 0 Å². The first-order chi connectivity index (χ1) is 10.6. The molecule has 2 heterocycles. The summed E-state index contributed by atoms with van der Waals surface area (Å²) in [6.45, 7) is 1.12. The minimum Gasteiger partial charge on any atom is -0.392 e. The number of amides is 1. The summed E-state index contributed by atoms with van der Waals surface area (Å²) in [6.07, 6.45) is 1.76. The van der Waals surface area contributed by atoms with Crippen LogP contribution in [0.1, 0.15) is 18.7 Å². The largest absolute Gasteiger partial charge is 0.392 e. The lowest BCUT2D eigenvalue weighted by molar-refractivity contribution is -0.122. The number of aliphatic hydroxyl groups excluding tert-OH is 1. The highest BCUT2D eigenvalue weighted by atomic mass is 16.3. The maximum absolute atomic E-state index is 11.9. The predicted molar refractivity (Wildman–Crippen MR) is 84.5 cm³/mol. The number of rotatable bonds is 5. The Morgan fingerprint density at radius 2 is 2.32 bits per heavy atom. The molecule has 0 bridgehead atoms. The number of hydrogen-bond acceptors (Lipinski definition) is 4. The molecule has 0 radical (unpaired) electrons. The van der Waals surface area contributed by atoms with E-state index in [2.05, 4.69) is 26.3 Å². The van der Waals surface area contributed by atoms with Crippen molar-refractivity contribution in [3.8, 4) is 0 Å². The van der Waals surface area contributed by atoms with Crippen LogP contribution in [0.2, 0.25) is 0 Å². The van der Waals surface area contributed by atoms with Gasteiger partial charge in [0.1, 0.15) is 5.82 Å². The van der Waals surface area contributed by atoms with Crippen LogP contribution >= 0.6 is 0 Å². The van der Waals surface area contributed by atoms with Crippen molar-refractivity contribution in [2.45, 2.75) is 31.4 Å². The van der Waals surface area contributed by atoms with E-state index in [1.807, 2.05) is 25.2 Å². The quantitative estimate of drug-likeness (QED) is 0.696. The Bertz CT molecular complexity index is 667. The molecule has 1 aromatic carbocycles. The third-order valence-corrected chi connectivity index (χ3v) is 4.18. The number of nitrogens with zero attached hydrogens (tertiary/aromatic N) is 2. The number of β-amino-alcohol motifs (C(OH)–C–C–N with tert-alkyl or cyclic N) is 1. The molecule has 1 aromatic heterocycles. The number of hydrogen-bond donors (Lipinski definition) is 3. The first kappa shape index (κ1) is 15.0. The van der Waals surface area contributed by atoms with E-state index < -0.39 is 6.10 Å². The molecule has 1 amide bonds. The van der Waals surface area contributed by atoms with Crippen molar-refractivity contribution in [1.82, 2.24) is 20.2 Å². The zero-order valence-electron chi connectivity index (χ0n) is 12.7. The van der Waals surface area contributed by atoms with Gasteiger partial charge in [0.25, 0.3) is 0 Å². The second-order valence-corrected chi connectivity index (χ2v) is 5.82. The number of aromatic nitrogens is 2. The van der Waals surface area contributed by atoms with Gasteiger partial charge in [-0.05, 0) is 25.0 Å². The average Bonchev–Trinajstić information content (AvgIpc) is 3.08. The highest BCUT2D eigenvalue weighted by molar-refractivity contribution is 5.82. The van der Waals surface area contributed by atoms with E-state index in [4.69, 9.17) is 0 Å². The molecule has 1 saturated heterocycles. The molecule has 6 nitrogen and oxygen atoms in total. The fourth-order valence-electron chi connectivity index (χ4n) is 2.92. The van der Waals surface area contributed by atoms with E-state index in [1.165, 1.54) is 0 Å². The van der Waals surface area contributed by atoms with Gasteiger partial charge in [0.2, 0.25) is 5.91 Å². The Balaban J connectivity index is 1.48. The van der Waals surface area contributed by atoms with Gasteiger partial charge in [-0.25, -0.2) is 4.98 Å². The molecule has 2 aromatic rings. The molecular weight excluding hydrogens is 280 g/mol. The lowest BCUT2D eigenvalue weighted by atomic mass is 10.2. The number of nitrogens with one attached hydrogen (secondary N) is 2. The number of aliphatic hydroxyl groups is 1. The first-order valence-electron chi connectivity index (χ1n) is 7.74. The van der Waals surface area contributed by atoms with Crippen molar-refractivity contribution >= 4 is 16.9 Å². The van der Waals surface area contributed by atoms with Gasteiger partial charge in [-0.1, -0.05) is 12.1 Å². The Morgan fingerprint density at radius 1 is 1.50 bits per heavy atom. The molecule has 3 N–H and O–H groups in total. The van der Waals surface area contributed by atoms with Gasteiger partial charge in [-0.15, -0.1) is 0 Å². The van der Waals surface area contributed by atoms with Crippen molar-refractivity contribution < 1.29 is 9.90 Å². The van der Waals surface area contributed by atoms with Gasteiger partial charge < -0.3 is 20.3 Å². The van der Waals surface area contributed by atoms with Gasteiger partial charge in [0, 0.05) is 26.6 Å². The fraction of sp³-hybridized carbons (Fsp3) is 0.500. The van der Waals surface area contributed by atoms with Gasteiger partial charge in [0.15, 0.2) is 0 Å². The minimum absolute atomic E-state index is 0.0263. The van der Waals surface area contributed by atoms with Crippen molar-refractivity contribution in [2.75, 3.05) is 13.1 Å². The SMILES string of the molecule is Cn1c(CCCNC(=O)[C@H]2C[C@@H](O)CN2)nc2ccccc21. The highest BCUT2D eigenvalue weighted by Gasteiger charge is 2.27. The average molecular weight is 302 g/mol. The van der Waals surface area contributed by atoms with E-state index in [0.29, 0.717) is 19.5 Å². The first-order valence-corrected chi connectivity index (χ1v) is 7.74. The summed E-state index contributed by atoms with van der Waals surface area (Å²) in [5, 5.41) is 15.3. The van der Waals surface area contributed by atoms with Crippen LogP contribution in [0.25, 0.3) is 11.0 Å². The maximum Gasteiger partial charge on any atom is 0.237 e. The van der Waals surface area contributed by atoms with Gasteiger partial charge in [0.05, 0.1) is 23.2 Å². The van der Waals surface area contributed by atoms with Crippen LogP contribution in [0.4, 0.5) is 0 Å². The summed E-state index contributed by atoms with van der Waals surface area (Å²) in [6, 6.07) is 7.81. The molecule has 118 valence electrons. The van der Waals surface area contributed by atoms with Crippen LogP contribution in [0, 0.1) is 0 Å². The van der Waals surface area contributed by atoms with Crippen molar-refractivity contribution in [3.63, 3.8) is 0 Å². The van der Waals surface area contributed by atoms with Crippen molar-refractivity contribution in [2.24, 2.45) is 7.05 Å². The monoisotopic (exact) mass is 302 g/mol. The molecule has 0 aliphatic carbocycles. The predicted octanol–water partition coefficient (Wildman–Crippen LogP) is 0.345. The number of carbonyl (C=O) groups is 1. The number of aryl methyl sites for hydroxylation is 2. The van der Waals surface area contributed by atoms with Crippen molar-refractivity contribution in [3.05, 3.63) is 30.1 Å². The van der Waals surface area contributed by atoms with Crippen LogP contribution in [0.3, 0.4) is 0 Å². The lowest BCUT2D eigenvalue weighted by Gasteiger charge is -2.10. The van der Waals surface area contributed by atoms with E-state index in [-0.39, 0.29) is 11.9 Å². The Labute approximate surface area is 129 Å². The number of imidazole rings is 1. The summed E-state index contributed by atoms with van der Waals surface area (Å²) in [5.74, 6) is 1.01. The summed E-state index contributed by atoms with van der Waals surface area (Å²) in [5.41, 5.74) is 2.14. The van der Waals surface area contributed by atoms with E-state index in [0.717, 1.165) is 29.7 Å².